The molecule has 0 amide bonds. The Labute approximate surface area is 86.2 Å². The highest BCUT2D eigenvalue weighted by atomic mass is 19.2. The van der Waals surface area contributed by atoms with Crippen molar-refractivity contribution in [1.82, 2.24) is 0 Å². The zero-order valence-electron chi connectivity index (χ0n) is 8.74. The molecular weight excluding hydrogens is 211 g/mol. The van der Waals surface area contributed by atoms with Crippen molar-refractivity contribution in [1.29, 1.82) is 0 Å². The monoisotopic (exact) mass is 224 g/mol. The normalized spacial score (nSPS) is 23.1. The van der Waals surface area contributed by atoms with Gasteiger partial charge in [0, 0.05) is 6.92 Å². The van der Waals surface area contributed by atoms with Gasteiger partial charge in [-0.25, -0.2) is 9.59 Å². The van der Waals surface area contributed by atoms with Crippen LogP contribution >= 0.6 is 0 Å². The highest BCUT2D eigenvalue weighted by molar-refractivity contribution is 5.62. The molecule has 1 saturated heterocycles. The van der Waals surface area contributed by atoms with Gasteiger partial charge in [0.2, 0.25) is 0 Å². The quantitative estimate of drug-likeness (QED) is 0.630. The van der Waals surface area contributed by atoms with Gasteiger partial charge in [-0.05, 0) is 6.92 Å². The Kier molecular flexibility index (Phi) is 5.43. The lowest BCUT2D eigenvalue weighted by atomic mass is 10.4. The second kappa shape index (κ2) is 6.05. The molecule has 0 aromatic carbocycles. The number of methoxy groups -OCH3 is 1. The maximum absolute atomic E-state index is 12.3. The molecule has 0 N–H and O–H groups in total. The summed E-state index contributed by atoms with van der Waals surface area (Å²) in [5.74, 6) is -1.91. The van der Waals surface area contributed by atoms with Gasteiger partial charge in [-0.15, -0.1) is 0 Å². The first-order valence-corrected chi connectivity index (χ1v) is 4.16. The maximum atomic E-state index is 12.3. The number of cyclic esters (lactones) is 2. The van der Waals surface area contributed by atoms with Crippen molar-refractivity contribution in [3.05, 3.63) is 0 Å². The minimum atomic E-state index is -1.91. The number of halogens is 1. The Morgan fingerprint density at radius 2 is 2.27 bits per heavy atom. The first-order chi connectivity index (χ1) is 6.91. The Morgan fingerprint density at radius 3 is 2.40 bits per heavy atom. The SMILES string of the molecule is CC1(F)COC(=O)O1.CCOC(=O)OC. The molecule has 0 aliphatic carbocycles. The van der Waals surface area contributed by atoms with Crippen molar-refractivity contribution in [2.75, 3.05) is 20.3 Å². The minimum Gasteiger partial charge on any atom is -0.438 e. The van der Waals surface area contributed by atoms with Crippen molar-refractivity contribution in [3.63, 3.8) is 0 Å². The molecule has 0 aromatic heterocycles. The molecule has 88 valence electrons. The number of hydrogen-bond acceptors (Lipinski definition) is 6. The smallest absolute Gasteiger partial charge is 0.438 e. The van der Waals surface area contributed by atoms with Gasteiger partial charge in [0.25, 0.3) is 5.85 Å². The van der Waals surface area contributed by atoms with Crippen LogP contribution in [0.1, 0.15) is 13.8 Å². The molecule has 15 heavy (non-hydrogen) atoms. The van der Waals surface area contributed by atoms with Crippen LogP contribution in [0.15, 0.2) is 0 Å². The molecule has 6 nitrogen and oxygen atoms in total. The average molecular weight is 224 g/mol. The third-order valence-corrected chi connectivity index (χ3v) is 1.17. The van der Waals surface area contributed by atoms with Crippen LogP contribution in [0, 0.1) is 0 Å². The first kappa shape index (κ1) is 13.5. The number of carbonyl (C=O) groups excluding carboxylic acids is 2. The number of rotatable bonds is 1. The second-order valence-electron chi connectivity index (χ2n) is 2.63. The zero-order valence-corrected chi connectivity index (χ0v) is 8.74. The number of ether oxygens (including phenoxy) is 4. The van der Waals surface area contributed by atoms with Crippen LogP contribution in [0.4, 0.5) is 14.0 Å². The third kappa shape index (κ3) is 6.53. The van der Waals surface area contributed by atoms with Crippen molar-refractivity contribution in [2.45, 2.75) is 19.7 Å². The van der Waals surface area contributed by atoms with E-state index in [1.54, 1.807) is 6.92 Å². The van der Waals surface area contributed by atoms with E-state index in [1.165, 1.54) is 7.11 Å². The van der Waals surface area contributed by atoms with E-state index >= 15 is 0 Å². The Bertz CT molecular complexity index is 227. The molecule has 1 aliphatic rings. The fraction of sp³-hybridized carbons (Fsp3) is 0.750. The van der Waals surface area contributed by atoms with E-state index in [9.17, 15) is 14.0 Å². The van der Waals surface area contributed by atoms with Crippen molar-refractivity contribution in [2.24, 2.45) is 0 Å². The molecule has 1 atom stereocenters. The van der Waals surface area contributed by atoms with Gasteiger partial charge in [0.1, 0.15) is 0 Å². The summed E-state index contributed by atoms with van der Waals surface area (Å²) < 4.78 is 28.9. The van der Waals surface area contributed by atoms with E-state index < -0.39 is 18.2 Å². The molecule has 1 aliphatic heterocycles. The fourth-order valence-corrected chi connectivity index (χ4v) is 0.597. The highest BCUT2D eigenvalue weighted by Crippen LogP contribution is 2.19. The highest BCUT2D eigenvalue weighted by Gasteiger charge is 2.37. The third-order valence-electron chi connectivity index (χ3n) is 1.17. The molecular formula is C8H13FO6. The molecule has 0 aromatic rings. The van der Waals surface area contributed by atoms with Gasteiger partial charge in [-0.2, -0.15) is 4.39 Å². The first-order valence-electron chi connectivity index (χ1n) is 4.16. The van der Waals surface area contributed by atoms with Crippen LogP contribution in [0.3, 0.4) is 0 Å². The van der Waals surface area contributed by atoms with E-state index in [4.69, 9.17) is 0 Å². The summed E-state index contributed by atoms with van der Waals surface area (Å²) in [5.41, 5.74) is 0. The molecule has 1 fully saturated rings. The van der Waals surface area contributed by atoms with E-state index in [-0.39, 0.29) is 6.61 Å². The van der Waals surface area contributed by atoms with E-state index in [1.807, 2.05) is 0 Å². The van der Waals surface area contributed by atoms with Crippen LogP contribution in [-0.2, 0) is 18.9 Å². The molecule has 0 bridgehead atoms. The predicted octanol–water partition coefficient (Wildman–Crippen LogP) is 1.63. The topological polar surface area (TPSA) is 71.1 Å². The van der Waals surface area contributed by atoms with Gasteiger partial charge < -0.3 is 18.9 Å². The molecule has 1 rings (SSSR count). The largest absolute Gasteiger partial charge is 0.511 e. The molecule has 1 unspecified atom stereocenters. The van der Waals surface area contributed by atoms with E-state index in [0.29, 0.717) is 6.61 Å². The zero-order chi connectivity index (χ0) is 11.9. The lowest BCUT2D eigenvalue weighted by Gasteiger charge is -2.04. The second-order valence-corrected chi connectivity index (χ2v) is 2.63. The van der Waals surface area contributed by atoms with E-state index in [2.05, 4.69) is 18.9 Å². The molecule has 0 saturated carbocycles. The van der Waals surface area contributed by atoms with Crippen LogP contribution in [-0.4, -0.2) is 38.5 Å². The number of hydrogen-bond donors (Lipinski definition) is 0. The van der Waals surface area contributed by atoms with Crippen molar-refractivity contribution in [3.8, 4) is 0 Å². The lowest BCUT2D eigenvalue weighted by molar-refractivity contribution is -0.0419. The molecule has 0 radical (unpaired) electrons. The average Bonchev–Trinajstić information content (AvgIpc) is 2.45. The Hall–Kier alpha value is -1.53. The minimum absolute atomic E-state index is 0.300. The summed E-state index contributed by atoms with van der Waals surface area (Å²) >= 11 is 0. The molecule has 1 heterocycles. The summed E-state index contributed by atoms with van der Waals surface area (Å²) in [5, 5.41) is 0. The summed E-state index contributed by atoms with van der Waals surface area (Å²) in [4.78, 5) is 19.9. The summed E-state index contributed by atoms with van der Waals surface area (Å²) in [7, 11) is 1.28. The Balaban J connectivity index is 0.000000265. The van der Waals surface area contributed by atoms with Gasteiger partial charge in [-0.3, -0.25) is 0 Å². The summed E-state index contributed by atoms with van der Waals surface area (Å²) in [6, 6.07) is 0. The van der Waals surface area contributed by atoms with Gasteiger partial charge in [-0.1, -0.05) is 0 Å². The predicted molar refractivity (Wildman–Crippen MR) is 46.0 cm³/mol. The van der Waals surface area contributed by atoms with Crippen LogP contribution in [0.2, 0.25) is 0 Å². The fourth-order valence-electron chi connectivity index (χ4n) is 0.597. The number of carbonyl (C=O) groups is 2. The van der Waals surface area contributed by atoms with Gasteiger partial charge in [0.05, 0.1) is 13.7 Å². The van der Waals surface area contributed by atoms with Crippen LogP contribution in [0.25, 0.3) is 0 Å². The summed E-state index contributed by atoms with van der Waals surface area (Å²) in [6.07, 6.45) is -1.56. The molecule has 7 heteroatoms. The lowest BCUT2D eigenvalue weighted by Crippen LogP contribution is -2.19. The van der Waals surface area contributed by atoms with E-state index in [0.717, 1.165) is 6.92 Å². The van der Waals surface area contributed by atoms with Gasteiger partial charge in [0.15, 0.2) is 6.61 Å². The van der Waals surface area contributed by atoms with Crippen LogP contribution < -0.4 is 0 Å². The molecule has 0 spiro atoms. The standard InChI is InChI=1S/C4H5FO3.C4H8O3/c1-4(5)2-7-3(6)8-4;1-3-7-4(5)6-2/h2H2,1H3;3H2,1-2H3. The van der Waals surface area contributed by atoms with Crippen LogP contribution in [0.5, 0.6) is 0 Å². The summed E-state index contributed by atoms with van der Waals surface area (Å²) in [6.45, 7) is 2.92. The van der Waals surface area contributed by atoms with Crippen molar-refractivity contribution >= 4 is 12.3 Å². The van der Waals surface area contributed by atoms with Crippen molar-refractivity contribution < 1.29 is 32.9 Å². The van der Waals surface area contributed by atoms with Gasteiger partial charge >= 0.3 is 12.3 Å². The number of alkyl halides is 1. The Morgan fingerprint density at radius 1 is 1.67 bits per heavy atom. The maximum Gasteiger partial charge on any atom is 0.511 e.